The van der Waals surface area contributed by atoms with E-state index in [0.29, 0.717) is 5.92 Å². The molecule has 5 heteroatoms. The van der Waals surface area contributed by atoms with Crippen LogP contribution in [-0.4, -0.2) is 40.3 Å². The van der Waals surface area contributed by atoms with E-state index in [1.54, 1.807) is 6.08 Å². The number of carboxylic acid groups (broad SMARTS) is 1. The Hall–Kier alpha value is -2.63. The summed E-state index contributed by atoms with van der Waals surface area (Å²) in [5.74, 6) is 0.325. The van der Waals surface area contributed by atoms with Crippen LogP contribution in [-0.2, 0) is 16.1 Å². The van der Waals surface area contributed by atoms with E-state index in [1.807, 2.05) is 18.2 Å². The third kappa shape index (κ3) is 3.84. The van der Waals surface area contributed by atoms with Gasteiger partial charge < -0.3 is 14.6 Å². The molecule has 0 saturated carbocycles. The fourth-order valence-corrected chi connectivity index (χ4v) is 5.78. The Kier molecular flexibility index (Phi) is 5.34. The molecule has 0 aliphatic carbocycles. The lowest BCUT2D eigenvalue weighted by Gasteiger charge is -2.54. The molecule has 0 bridgehead atoms. The molecule has 168 valence electrons. The summed E-state index contributed by atoms with van der Waals surface area (Å²) in [7, 11) is 0. The predicted molar refractivity (Wildman–Crippen MR) is 123 cm³/mol. The van der Waals surface area contributed by atoms with E-state index < -0.39 is 5.97 Å². The fraction of sp³-hybridized carbons (Fsp3) is 0.444. The van der Waals surface area contributed by atoms with Gasteiger partial charge in [0, 0.05) is 29.6 Å². The van der Waals surface area contributed by atoms with Crippen LogP contribution < -0.4 is 4.74 Å². The Morgan fingerprint density at radius 3 is 2.75 bits per heavy atom. The summed E-state index contributed by atoms with van der Waals surface area (Å²) in [4.78, 5) is 13.3. The lowest BCUT2D eigenvalue weighted by atomic mass is 9.70. The molecule has 1 spiro atoms. The Labute approximate surface area is 189 Å². The molecule has 0 unspecified atom stereocenters. The fourth-order valence-electron chi connectivity index (χ4n) is 5.78. The van der Waals surface area contributed by atoms with Crippen LogP contribution in [0.2, 0.25) is 0 Å². The van der Waals surface area contributed by atoms with E-state index in [2.05, 4.69) is 49.1 Å². The van der Waals surface area contributed by atoms with Crippen LogP contribution in [0.15, 0.2) is 54.6 Å². The van der Waals surface area contributed by atoms with Gasteiger partial charge in [0.15, 0.2) is 0 Å². The lowest BCUT2D eigenvalue weighted by molar-refractivity contribution is -0.167. The van der Waals surface area contributed by atoms with Crippen molar-refractivity contribution in [2.75, 3.05) is 13.2 Å². The molecule has 2 saturated heterocycles. The zero-order chi connectivity index (χ0) is 22.3. The highest BCUT2D eigenvalue weighted by atomic mass is 16.5. The van der Waals surface area contributed by atoms with E-state index in [9.17, 15) is 4.79 Å². The monoisotopic (exact) mass is 433 g/mol. The molecule has 0 amide bonds. The molecule has 2 fully saturated rings. The summed E-state index contributed by atoms with van der Waals surface area (Å²) < 4.78 is 13.1. The number of benzene rings is 2. The molecular formula is C27H31NO4. The second-order valence-corrected chi connectivity index (χ2v) is 9.95. The Morgan fingerprint density at radius 2 is 1.97 bits per heavy atom. The summed E-state index contributed by atoms with van der Waals surface area (Å²) in [6.45, 7) is 7.09. The number of carbonyl (C=O) groups is 1. The molecule has 32 heavy (non-hydrogen) atoms. The smallest absolute Gasteiger partial charge is 0.328 e. The predicted octanol–water partition coefficient (Wildman–Crippen LogP) is 5.07. The van der Waals surface area contributed by atoms with E-state index in [4.69, 9.17) is 14.6 Å². The van der Waals surface area contributed by atoms with Crippen LogP contribution in [0.3, 0.4) is 0 Å². The van der Waals surface area contributed by atoms with Crippen LogP contribution in [0.4, 0.5) is 0 Å². The molecule has 5 rings (SSSR count). The molecule has 2 aromatic carbocycles. The molecule has 0 aromatic heterocycles. The van der Waals surface area contributed by atoms with E-state index in [-0.39, 0.29) is 17.2 Å². The van der Waals surface area contributed by atoms with Gasteiger partial charge in [0.1, 0.15) is 11.4 Å². The first-order valence-corrected chi connectivity index (χ1v) is 11.5. The van der Waals surface area contributed by atoms with Gasteiger partial charge in [0.2, 0.25) is 0 Å². The average molecular weight is 434 g/mol. The lowest BCUT2D eigenvalue weighted by Crippen LogP contribution is -2.58. The third-order valence-electron chi connectivity index (χ3n) is 7.50. The molecule has 3 aliphatic rings. The molecule has 5 nitrogen and oxygen atoms in total. The Morgan fingerprint density at radius 1 is 1.19 bits per heavy atom. The second kappa shape index (κ2) is 8.05. The van der Waals surface area contributed by atoms with Crippen LogP contribution in [0.5, 0.6) is 5.75 Å². The van der Waals surface area contributed by atoms with Gasteiger partial charge in [-0.3, -0.25) is 4.90 Å². The van der Waals surface area contributed by atoms with Crippen molar-refractivity contribution in [3.63, 3.8) is 0 Å². The maximum absolute atomic E-state index is 10.7. The number of ether oxygens (including phenoxy) is 2. The zero-order valence-corrected chi connectivity index (χ0v) is 18.8. The standard InChI is InChI=1S/C27H31NO4/c1-26(2)22-16-27(18-31-25(22)21-6-3-4-7-23(21)32-26)14-5-15-28(27)17-20-10-8-19(9-11-20)12-13-24(29)30/h3-4,6-13,22,25H,5,14-18H2,1-2H3,(H,29,30)/b13-12+/t22-,25+,27+/m0/s1. The molecule has 3 aliphatic heterocycles. The van der Waals surface area contributed by atoms with Gasteiger partial charge in [-0.1, -0.05) is 42.5 Å². The average Bonchev–Trinajstić information content (AvgIpc) is 3.14. The van der Waals surface area contributed by atoms with E-state index in [1.165, 1.54) is 23.6 Å². The summed E-state index contributed by atoms with van der Waals surface area (Å²) in [6.07, 6.45) is 6.28. The zero-order valence-electron chi connectivity index (χ0n) is 18.8. The first kappa shape index (κ1) is 21.2. The minimum atomic E-state index is -0.930. The van der Waals surface area contributed by atoms with Gasteiger partial charge >= 0.3 is 5.97 Å². The first-order chi connectivity index (χ1) is 15.4. The highest BCUT2D eigenvalue weighted by Gasteiger charge is 2.54. The summed E-state index contributed by atoms with van der Waals surface area (Å²) in [5.41, 5.74) is 3.08. The number of para-hydroxylation sites is 1. The van der Waals surface area contributed by atoms with Crippen molar-refractivity contribution in [1.82, 2.24) is 4.90 Å². The molecule has 3 heterocycles. The van der Waals surface area contributed by atoms with Crippen molar-refractivity contribution in [2.45, 2.75) is 56.9 Å². The van der Waals surface area contributed by atoms with Gasteiger partial charge in [-0.15, -0.1) is 0 Å². The van der Waals surface area contributed by atoms with Gasteiger partial charge in [-0.2, -0.15) is 0 Å². The maximum atomic E-state index is 10.7. The number of rotatable bonds is 4. The second-order valence-electron chi connectivity index (χ2n) is 9.95. The minimum Gasteiger partial charge on any atom is -0.487 e. The van der Waals surface area contributed by atoms with E-state index in [0.717, 1.165) is 43.9 Å². The molecular weight excluding hydrogens is 402 g/mol. The SMILES string of the molecule is CC1(C)Oc2ccccc2[C@H]2OC[C@@]3(CCCN3Cc3ccc(/C=C/C(=O)O)cc3)C[C@@H]21. The number of nitrogens with zero attached hydrogens (tertiary/aromatic N) is 1. The van der Waals surface area contributed by atoms with Crippen LogP contribution in [0.25, 0.3) is 6.08 Å². The quantitative estimate of drug-likeness (QED) is 0.683. The highest BCUT2D eigenvalue weighted by Crippen LogP contribution is 2.54. The molecule has 0 radical (unpaired) electrons. The van der Waals surface area contributed by atoms with Crippen molar-refractivity contribution in [1.29, 1.82) is 0 Å². The molecule has 3 atom stereocenters. The van der Waals surface area contributed by atoms with Gasteiger partial charge in [0.05, 0.1) is 12.7 Å². The number of fused-ring (bicyclic) bond motifs is 3. The minimum absolute atomic E-state index is 0.0377. The number of hydrogen-bond donors (Lipinski definition) is 1. The van der Waals surface area contributed by atoms with Crippen molar-refractivity contribution in [3.8, 4) is 5.75 Å². The summed E-state index contributed by atoms with van der Waals surface area (Å²) in [6, 6.07) is 16.5. The number of carboxylic acids is 1. The Balaban J connectivity index is 1.35. The topological polar surface area (TPSA) is 59.0 Å². The highest BCUT2D eigenvalue weighted by molar-refractivity contribution is 5.85. The maximum Gasteiger partial charge on any atom is 0.328 e. The summed E-state index contributed by atoms with van der Waals surface area (Å²) >= 11 is 0. The Bertz CT molecular complexity index is 1030. The van der Waals surface area contributed by atoms with Crippen molar-refractivity contribution in [2.24, 2.45) is 5.92 Å². The number of likely N-dealkylation sites (tertiary alicyclic amines) is 1. The van der Waals surface area contributed by atoms with Crippen LogP contribution >= 0.6 is 0 Å². The number of hydrogen-bond acceptors (Lipinski definition) is 4. The number of aliphatic carboxylic acids is 1. The largest absolute Gasteiger partial charge is 0.487 e. The molecule has 2 aromatic rings. The van der Waals surface area contributed by atoms with Gasteiger partial charge in [0.25, 0.3) is 0 Å². The van der Waals surface area contributed by atoms with Gasteiger partial charge in [-0.05, 0) is 62.9 Å². The van der Waals surface area contributed by atoms with Crippen molar-refractivity contribution >= 4 is 12.0 Å². The van der Waals surface area contributed by atoms with Crippen molar-refractivity contribution in [3.05, 3.63) is 71.3 Å². The third-order valence-corrected chi connectivity index (χ3v) is 7.50. The first-order valence-electron chi connectivity index (χ1n) is 11.5. The van der Waals surface area contributed by atoms with Crippen molar-refractivity contribution < 1.29 is 19.4 Å². The van der Waals surface area contributed by atoms with E-state index >= 15 is 0 Å². The van der Waals surface area contributed by atoms with Crippen LogP contribution in [0.1, 0.15) is 55.9 Å². The van der Waals surface area contributed by atoms with Crippen LogP contribution in [0, 0.1) is 5.92 Å². The van der Waals surface area contributed by atoms with Gasteiger partial charge in [-0.25, -0.2) is 4.79 Å². The normalized spacial score (nSPS) is 28.9. The molecule has 1 N–H and O–H groups in total. The summed E-state index contributed by atoms with van der Waals surface area (Å²) in [5, 5.41) is 8.82.